The summed E-state index contributed by atoms with van der Waals surface area (Å²) < 4.78 is 4.98. The first-order chi connectivity index (χ1) is 9.19. The Bertz CT molecular complexity index is 551. The number of pyridine rings is 1. The standard InChI is InChI=1S/C13H14N2O3S/c1-18-12-3-2-9(6-15-12)5-14-7-11-4-10(8-19-11)13(16)17/h2-4,6,8,14H,5,7H2,1H3,(H,16,17). The van der Waals surface area contributed by atoms with Crippen molar-refractivity contribution in [2.45, 2.75) is 13.1 Å². The molecule has 2 N–H and O–H groups in total. The molecule has 0 amide bonds. The molecule has 0 atom stereocenters. The number of aromatic carboxylic acids is 1. The largest absolute Gasteiger partial charge is 0.481 e. The van der Waals surface area contributed by atoms with E-state index in [0.29, 0.717) is 24.5 Å². The first-order valence-electron chi connectivity index (χ1n) is 5.69. The number of ether oxygens (including phenoxy) is 1. The van der Waals surface area contributed by atoms with Crippen molar-refractivity contribution in [2.75, 3.05) is 7.11 Å². The molecule has 19 heavy (non-hydrogen) atoms. The van der Waals surface area contributed by atoms with Gasteiger partial charge in [0, 0.05) is 35.6 Å². The molecule has 0 aliphatic heterocycles. The summed E-state index contributed by atoms with van der Waals surface area (Å²) in [5.74, 6) is -0.296. The smallest absolute Gasteiger partial charge is 0.336 e. The second-order valence-electron chi connectivity index (χ2n) is 3.92. The van der Waals surface area contributed by atoms with E-state index in [1.807, 2.05) is 12.1 Å². The van der Waals surface area contributed by atoms with Crippen molar-refractivity contribution in [3.8, 4) is 5.88 Å². The lowest BCUT2D eigenvalue weighted by Crippen LogP contribution is -2.12. The molecule has 0 saturated carbocycles. The van der Waals surface area contributed by atoms with E-state index in [9.17, 15) is 4.79 Å². The van der Waals surface area contributed by atoms with Gasteiger partial charge in [-0.2, -0.15) is 0 Å². The summed E-state index contributed by atoms with van der Waals surface area (Å²) in [6.07, 6.45) is 1.75. The summed E-state index contributed by atoms with van der Waals surface area (Å²) in [4.78, 5) is 15.8. The van der Waals surface area contributed by atoms with Gasteiger partial charge in [-0.05, 0) is 11.6 Å². The van der Waals surface area contributed by atoms with Gasteiger partial charge in [-0.15, -0.1) is 11.3 Å². The molecule has 2 aromatic heterocycles. The lowest BCUT2D eigenvalue weighted by Gasteiger charge is -2.04. The summed E-state index contributed by atoms with van der Waals surface area (Å²) in [5.41, 5.74) is 1.39. The van der Waals surface area contributed by atoms with E-state index in [1.165, 1.54) is 11.3 Å². The van der Waals surface area contributed by atoms with E-state index >= 15 is 0 Å². The summed E-state index contributed by atoms with van der Waals surface area (Å²) in [6.45, 7) is 1.32. The van der Waals surface area contributed by atoms with E-state index in [2.05, 4.69) is 10.3 Å². The van der Waals surface area contributed by atoms with Crippen LogP contribution in [0.2, 0.25) is 0 Å². The maximum absolute atomic E-state index is 10.7. The number of carboxylic acids is 1. The maximum Gasteiger partial charge on any atom is 0.336 e. The van der Waals surface area contributed by atoms with Crippen molar-refractivity contribution in [2.24, 2.45) is 0 Å². The van der Waals surface area contributed by atoms with Crippen molar-refractivity contribution in [3.63, 3.8) is 0 Å². The number of hydrogen-bond acceptors (Lipinski definition) is 5. The molecule has 0 aliphatic carbocycles. The monoisotopic (exact) mass is 278 g/mol. The van der Waals surface area contributed by atoms with Gasteiger partial charge in [0.25, 0.3) is 0 Å². The van der Waals surface area contributed by atoms with Crippen LogP contribution in [0.1, 0.15) is 20.8 Å². The number of hydrogen-bond donors (Lipinski definition) is 2. The third-order valence-corrected chi connectivity index (χ3v) is 3.47. The number of methoxy groups -OCH3 is 1. The average Bonchev–Trinajstić information content (AvgIpc) is 2.89. The minimum absolute atomic E-state index is 0.341. The van der Waals surface area contributed by atoms with Crippen molar-refractivity contribution in [1.82, 2.24) is 10.3 Å². The molecule has 0 aromatic carbocycles. The highest BCUT2D eigenvalue weighted by atomic mass is 32.1. The summed E-state index contributed by atoms with van der Waals surface area (Å²) in [5, 5.41) is 13.7. The van der Waals surface area contributed by atoms with Crippen LogP contribution in [0.4, 0.5) is 0 Å². The third kappa shape index (κ3) is 3.77. The predicted octanol–water partition coefficient (Wildman–Crippen LogP) is 2.14. The molecule has 5 nitrogen and oxygen atoms in total. The predicted molar refractivity (Wildman–Crippen MR) is 72.6 cm³/mol. The second-order valence-corrected chi connectivity index (χ2v) is 4.91. The molecule has 0 radical (unpaired) electrons. The number of thiophene rings is 1. The first kappa shape index (κ1) is 13.5. The maximum atomic E-state index is 10.7. The molecule has 2 heterocycles. The minimum Gasteiger partial charge on any atom is -0.481 e. The van der Waals surface area contributed by atoms with Gasteiger partial charge in [0.1, 0.15) is 0 Å². The van der Waals surface area contributed by atoms with Crippen LogP contribution in [0.3, 0.4) is 0 Å². The molecule has 0 spiro atoms. The highest BCUT2D eigenvalue weighted by Gasteiger charge is 2.05. The van der Waals surface area contributed by atoms with E-state index < -0.39 is 5.97 Å². The molecule has 0 fully saturated rings. The van der Waals surface area contributed by atoms with Crippen LogP contribution in [0.5, 0.6) is 5.88 Å². The van der Waals surface area contributed by atoms with E-state index in [0.717, 1.165) is 10.4 Å². The van der Waals surface area contributed by atoms with Gasteiger partial charge in [-0.1, -0.05) is 6.07 Å². The summed E-state index contributed by atoms with van der Waals surface area (Å²) in [7, 11) is 1.58. The van der Waals surface area contributed by atoms with E-state index in [4.69, 9.17) is 9.84 Å². The zero-order chi connectivity index (χ0) is 13.7. The van der Waals surface area contributed by atoms with Gasteiger partial charge < -0.3 is 15.2 Å². The molecule has 0 unspecified atom stereocenters. The van der Waals surface area contributed by atoms with Crippen LogP contribution in [0.25, 0.3) is 0 Å². The van der Waals surface area contributed by atoms with Crippen molar-refractivity contribution >= 4 is 17.3 Å². The Morgan fingerprint density at radius 3 is 2.89 bits per heavy atom. The number of carbonyl (C=O) groups is 1. The molecule has 6 heteroatoms. The quantitative estimate of drug-likeness (QED) is 0.847. The van der Waals surface area contributed by atoms with Gasteiger partial charge in [0.2, 0.25) is 5.88 Å². The molecule has 2 rings (SSSR count). The SMILES string of the molecule is COc1ccc(CNCc2cc(C(=O)O)cs2)cn1. The molecule has 100 valence electrons. The zero-order valence-corrected chi connectivity index (χ0v) is 11.2. The third-order valence-electron chi connectivity index (χ3n) is 2.54. The van der Waals surface area contributed by atoms with Crippen LogP contribution in [-0.4, -0.2) is 23.2 Å². The second kappa shape index (κ2) is 6.31. The topological polar surface area (TPSA) is 71.5 Å². The Hall–Kier alpha value is -1.92. The van der Waals surface area contributed by atoms with Gasteiger partial charge in [0.15, 0.2) is 0 Å². The Morgan fingerprint density at radius 2 is 2.32 bits per heavy atom. The first-order valence-corrected chi connectivity index (χ1v) is 6.57. The fourth-order valence-corrected chi connectivity index (χ4v) is 2.38. The summed E-state index contributed by atoms with van der Waals surface area (Å²) in [6, 6.07) is 5.44. The fraction of sp³-hybridized carbons (Fsp3) is 0.231. The molecular weight excluding hydrogens is 264 g/mol. The van der Waals surface area contributed by atoms with Crippen LogP contribution in [-0.2, 0) is 13.1 Å². The Morgan fingerprint density at radius 1 is 1.47 bits per heavy atom. The van der Waals surface area contributed by atoms with Crippen molar-refractivity contribution in [1.29, 1.82) is 0 Å². The number of carboxylic acid groups (broad SMARTS) is 1. The molecule has 0 bridgehead atoms. The fourth-order valence-electron chi connectivity index (χ4n) is 1.55. The van der Waals surface area contributed by atoms with Crippen molar-refractivity contribution in [3.05, 3.63) is 45.8 Å². The van der Waals surface area contributed by atoms with Crippen LogP contribution in [0.15, 0.2) is 29.8 Å². The number of nitrogens with one attached hydrogen (secondary N) is 1. The van der Waals surface area contributed by atoms with Gasteiger partial charge >= 0.3 is 5.97 Å². The summed E-state index contributed by atoms with van der Waals surface area (Å²) >= 11 is 1.44. The Balaban J connectivity index is 1.83. The van der Waals surface area contributed by atoms with Gasteiger partial charge in [0.05, 0.1) is 12.7 Å². The molecule has 0 aliphatic rings. The number of rotatable bonds is 6. The van der Waals surface area contributed by atoms with Crippen LogP contribution >= 0.6 is 11.3 Å². The average molecular weight is 278 g/mol. The number of aromatic nitrogens is 1. The van der Waals surface area contributed by atoms with Crippen LogP contribution in [0, 0.1) is 0 Å². The van der Waals surface area contributed by atoms with Gasteiger partial charge in [-0.25, -0.2) is 9.78 Å². The normalized spacial score (nSPS) is 10.4. The molecule has 0 saturated heterocycles. The van der Waals surface area contributed by atoms with E-state index in [1.54, 1.807) is 24.8 Å². The molecule has 2 aromatic rings. The minimum atomic E-state index is -0.887. The highest BCUT2D eigenvalue weighted by Crippen LogP contribution is 2.14. The Labute approximate surface area is 114 Å². The van der Waals surface area contributed by atoms with Crippen molar-refractivity contribution < 1.29 is 14.6 Å². The zero-order valence-electron chi connectivity index (χ0n) is 10.4. The Kier molecular flexibility index (Phi) is 4.48. The van der Waals surface area contributed by atoms with E-state index in [-0.39, 0.29) is 0 Å². The molecular formula is C13H14N2O3S. The van der Waals surface area contributed by atoms with Gasteiger partial charge in [-0.3, -0.25) is 0 Å². The lowest BCUT2D eigenvalue weighted by atomic mass is 10.3. The highest BCUT2D eigenvalue weighted by molar-refractivity contribution is 7.10. The lowest BCUT2D eigenvalue weighted by molar-refractivity contribution is 0.0697. The van der Waals surface area contributed by atoms with Crippen LogP contribution < -0.4 is 10.1 Å². The number of nitrogens with zero attached hydrogens (tertiary/aromatic N) is 1.